The van der Waals surface area contributed by atoms with Crippen LogP contribution in [0.1, 0.15) is 32.8 Å². The van der Waals surface area contributed by atoms with Gasteiger partial charge in [0.25, 0.3) is 0 Å². The largest absolute Gasteiger partial charge is 0.338 e. The Labute approximate surface area is 160 Å². The lowest BCUT2D eigenvalue weighted by atomic mass is 9.87. The fourth-order valence-electron chi connectivity index (χ4n) is 3.24. The van der Waals surface area contributed by atoms with Gasteiger partial charge in [0.05, 0.1) is 0 Å². The van der Waals surface area contributed by atoms with E-state index in [9.17, 15) is 9.59 Å². The minimum Gasteiger partial charge on any atom is -0.338 e. The molecule has 3 rings (SSSR count). The highest BCUT2D eigenvalue weighted by Crippen LogP contribution is 2.25. The van der Waals surface area contributed by atoms with Crippen LogP contribution in [0.3, 0.4) is 0 Å². The van der Waals surface area contributed by atoms with Crippen molar-refractivity contribution in [2.75, 3.05) is 23.3 Å². The molecule has 1 atom stereocenters. The van der Waals surface area contributed by atoms with Gasteiger partial charge in [0.15, 0.2) is 0 Å². The van der Waals surface area contributed by atoms with Gasteiger partial charge in [0.2, 0.25) is 5.91 Å². The van der Waals surface area contributed by atoms with Gasteiger partial charge in [0.1, 0.15) is 0 Å². The fraction of sp³-hybridized carbons (Fsp3) is 0.364. The van der Waals surface area contributed by atoms with E-state index in [2.05, 4.69) is 31.4 Å². The van der Waals surface area contributed by atoms with Gasteiger partial charge in [-0.15, -0.1) is 0 Å². The second-order valence-corrected chi connectivity index (χ2v) is 8.07. The van der Waals surface area contributed by atoms with Crippen LogP contribution in [-0.2, 0) is 10.2 Å². The summed E-state index contributed by atoms with van der Waals surface area (Å²) in [6, 6.07) is 17.3. The van der Waals surface area contributed by atoms with E-state index in [0.29, 0.717) is 19.5 Å². The van der Waals surface area contributed by atoms with Crippen LogP contribution in [0.15, 0.2) is 54.6 Å². The maximum absolute atomic E-state index is 12.2. The molecule has 1 aliphatic heterocycles. The molecule has 1 aliphatic rings. The van der Waals surface area contributed by atoms with Crippen LogP contribution < -0.4 is 15.5 Å². The van der Waals surface area contributed by atoms with Crippen LogP contribution in [0.2, 0.25) is 0 Å². The molecule has 0 aliphatic carbocycles. The average Bonchev–Trinajstić information content (AvgIpc) is 3.01. The van der Waals surface area contributed by atoms with Crippen molar-refractivity contribution in [3.63, 3.8) is 0 Å². The van der Waals surface area contributed by atoms with Gasteiger partial charge >= 0.3 is 6.03 Å². The van der Waals surface area contributed by atoms with E-state index in [1.165, 1.54) is 5.56 Å². The molecule has 0 bridgehead atoms. The van der Waals surface area contributed by atoms with Crippen molar-refractivity contribution in [2.45, 2.75) is 32.6 Å². The van der Waals surface area contributed by atoms with Crippen LogP contribution in [0.25, 0.3) is 0 Å². The molecule has 1 unspecified atom stereocenters. The van der Waals surface area contributed by atoms with Crippen LogP contribution >= 0.6 is 0 Å². The molecule has 5 nitrogen and oxygen atoms in total. The molecule has 0 radical (unpaired) electrons. The highest BCUT2D eigenvalue weighted by Gasteiger charge is 2.30. The lowest BCUT2D eigenvalue weighted by Crippen LogP contribution is -2.34. The number of carbonyl (C=O) groups excluding carboxylic acids is 2. The minimum absolute atomic E-state index is 0.0838. The molecule has 1 saturated heterocycles. The van der Waals surface area contributed by atoms with Crippen LogP contribution in [0.4, 0.5) is 16.2 Å². The summed E-state index contributed by atoms with van der Waals surface area (Å²) in [7, 11) is 0. The predicted molar refractivity (Wildman–Crippen MR) is 109 cm³/mol. The summed E-state index contributed by atoms with van der Waals surface area (Å²) < 4.78 is 0. The van der Waals surface area contributed by atoms with Crippen molar-refractivity contribution in [3.8, 4) is 0 Å². The molecule has 3 amide bonds. The maximum Gasteiger partial charge on any atom is 0.319 e. The third-order valence-electron chi connectivity index (χ3n) is 4.83. The number of rotatable bonds is 4. The number of para-hydroxylation sites is 1. The second kappa shape index (κ2) is 7.82. The summed E-state index contributed by atoms with van der Waals surface area (Å²) in [5, 5.41) is 5.73. The van der Waals surface area contributed by atoms with E-state index in [1.807, 2.05) is 54.6 Å². The number of benzene rings is 2. The number of amides is 3. The Balaban J connectivity index is 1.49. The highest BCUT2D eigenvalue weighted by atomic mass is 16.2. The zero-order chi connectivity index (χ0) is 19.4. The second-order valence-electron chi connectivity index (χ2n) is 8.07. The standard InChI is InChI=1S/C22H27N3O2/c1-22(2,3)17-9-11-18(12-10-17)24-21(27)23-14-16-13-20(26)25(15-16)19-7-5-4-6-8-19/h4-12,16H,13-15H2,1-3H3,(H2,23,24,27). The molecule has 2 aromatic carbocycles. The van der Waals surface area contributed by atoms with Crippen molar-refractivity contribution in [1.29, 1.82) is 0 Å². The third kappa shape index (κ3) is 4.88. The summed E-state index contributed by atoms with van der Waals surface area (Å²) in [5.74, 6) is 0.220. The number of urea groups is 1. The molecular formula is C22H27N3O2. The number of hydrogen-bond donors (Lipinski definition) is 2. The Morgan fingerprint density at radius 2 is 1.74 bits per heavy atom. The van der Waals surface area contributed by atoms with Crippen molar-refractivity contribution in [2.24, 2.45) is 5.92 Å². The van der Waals surface area contributed by atoms with Gasteiger partial charge in [-0.1, -0.05) is 51.1 Å². The summed E-state index contributed by atoms with van der Waals surface area (Å²) in [5.41, 5.74) is 2.97. The SMILES string of the molecule is CC(C)(C)c1ccc(NC(=O)NCC2CC(=O)N(c3ccccc3)C2)cc1. The average molecular weight is 365 g/mol. The van der Waals surface area contributed by atoms with Gasteiger partial charge < -0.3 is 15.5 Å². The molecule has 0 spiro atoms. The first-order valence-electron chi connectivity index (χ1n) is 9.34. The first-order valence-corrected chi connectivity index (χ1v) is 9.34. The molecule has 2 N–H and O–H groups in total. The highest BCUT2D eigenvalue weighted by molar-refractivity contribution is 5.96. The van der Waals surface area contributed by atoms with E-state index < -0.39 is 0 Å². The number of nitrogens with one attached hydrogen (secondary N) is 2. The summed E-state index contributed by atoms with van der Waals surface area (Å²) in [6.45, 7) is 7.57. The van der Waals surface area contributed by atoms with Gasteiger partial charge in [-0.05, 0) is 35.2 Å². The quantitative estimate of drug-likeness (QED) is 0.855. The zero-order valence-corrected chi connectivity index (χ0v) is 16.2. The smallest absolute Gasteiger partial charge is 0.319 e. The molecule has 0 aromatic heterocycles. The first kappa shape index (κ1) is 19.0. The van der Waals surface area contributed by atoms with Crippen LogP contribution in [0, 0.1) is 5.92 Å². The summed E-state index contributed by atoms with van der Waals surface area (Å²) in [6.07, 6.45) is 0.454. The minimum atomic E-state index is -0.246. The van der Waals surface area contributed by atoms with E-state index >= 15 is 0 Å². The number of anilines is 2. The Kier molecular flexibility index (Phi) is 5.49. The molecule has 2 aromatic rings. The topological polar surface area (TPSA) is 61.4 Å². The van der Waals surface area contributed by atoms with Crippen molar-refractivity contribution in [3.05, 3.63) is 60.2 Å². The number of hydrogen-bond acceptors (Lipinski definition) is 2. The Morgan fingerprint density at radius 1 is 1.07 bits per heavy atom. The number of carbonyl (C=O) groups is 2. The normalized spacial score (nSPS) is 17.1. The van der Waals surface area contributed by atoms with E-state index in [-0.39, 0.29) is 23.3 Å². The molecule has 27 heavy (non-hydrogen) atoms. The maximum atomic E-state index is 12.2. The predicted octanol–water partition coefficient (Wildman–Crippen LogP) is 4.16. The molecule has 1 fully saturated rings. The zero-order valence-electron chi connectivity index (χ0n) is 16.2. The van der Waals surface area contributed by atoms with Crippen LogP contribution in [-0.4, -0.2) is 25.0 Å². The van der Waals surface area contributed by atoms with E-state index in [4.69, 9.17) is 0 Å². The summed E-state index contributed by atoms with van der Waals surface area (Å²) >= 11 is 0. The molecule has 1 heterocycles. The van der Waals surface area contributed by atoms with E-state index in [0.717, 1.165) is 11.4 Å². The fourth-order valence-corrected chi connectivity index (χ4v) is 3.24. The van der Waals surface area contributed by atoms with Gasteiger partial charge in [-0.2, -0.15) is 0 Å². The Morgan fingerprint density at radius 3 is 2.37 bits per heavy atom. The lowest BCUT2D eigenvalue weighted by Gasteiger charge is -2.19. The third-order valence-corrected chi connectivity index (χ3v) is 4.83. The van der Waals surface area contributed by atoms with Gasteiger partial charge in [-0.3, -0.25) is 4.79 Å². The van der Waals surface area contributed by atoms with Crippen LogP contribution in [0.5, 0.6) is 0 Å². The monoisotopic (exact) mass is 365 g/mol. The molecule has 0 saturated carbocycles. The van der Waals surface area contributed by atoms with Crippen molar-refractivity contribution < 1.29 is 9.59 Å². The van der Waals surface area contributed by atoms with E-state index in [1.54, 1.807) is 4.90 Å². The molecule has 5 heteroatoms. The van der Waals surface area contributed by atoms with Crippen molar-refractivity contribution in [1.82, 2.24) is 5.32 Å². The summed E-state index contributed by atoms with van der Waals surface area (Å²) in [4.78, 5) is 26.2. The Bertz CT molecular complexity index is 795. The lowest BCUT2D eigenvalue weighted by molar-refractivity contribution is -0.117. The van der Waals surface area contributed by atoms with Gasteiger partial charge in [-0.25, -0.2) is 4.79 Å². The molecular weight excluding hydrogens is 338 g/mol. The number of nitrogens with zero attached hydrogens (tertiary/aromatic N) is 1. The Hall–Kier alpha value is -2.82. The van der Waals surface area contributed by atoms with Gasteiger partial charge in [0, 0.05) is 36.8 Å². The first-order chi connectivity index (χ1) is 12.8. The van der Waals surface area contributed by atoms with Crippen molar-refractivity contribution >= 4 is 23.3 Å². The molecule has 142 valence electrons.